The molecule has 0 spiro atoms. The van der Waals surface area contributed by atoms with E-state index in [9.17, 15) is 13.0 Å². The predicted octanol–water partition coefficient (Wildman–Crippen LogP) is -1.82. The van der Waals surface area contributed by atoms with Crippen molar-refractivity contribution in [1.29, 1.82) is 0 Å². The molecule has 0 aromatic heterocycles. The Balaban J connectivity index is 0.00000196. The Labute approximate surface area is 101 Å². The fourth-order valence-corrected chi connectivity index (χ4v) is 1.12. The van der Waals surface area contributed by atoms with Gasteiger partial charge in [0.1, 0.15) is 0 Å². The maximum Gasteiger partial charge on any atom is 1.00 e. The summed E-state index contributed by atoms with van der Waals surface area (Å²) in [4.78, 5) is 0. The smallest absolute Gasteiger partial charge is 0.726 e. The first kappa shape index (κ1) is 14.4. The largest absolute Gasteiger partial charge is 1.00 e. The standard InChI is InChI=1S/C9H10O4S.Li/c10-14(11,12)13-8-4-7-9-5-2-1-3-6-9;/h1-7H,8H2,(H,10,11,12);/q;+1/p-1. The van der Waals surface area contributed by atoms with Crippen LogP contribution in [0, 0.1) is 0 Å². The summed E-state index contributed by atoms with van der Waals surface area (Å²) in [5.74, 6) is 0. The summed E-state index contributed by atoms with van der Waals surface area (Å²) in [7, 11) is -4.58. The molecule has 0 atom stereocenters. The second kappa shape index (κ2) is 6.83. The van der Waals surface area contributed by atoms with E-state index in [1.165, 1.54) is 6.08 Å². The van der Waals surface area contributed by atoms with E-state index >= 15 is 0 Å². The Morgan fingerprint density at radius 2 is 1.87 bits per heavy atom. The van der Waals surface area contributed by atoms with E-state index in [2.05, 4.69) is 4.18 Å². The van der Waals surface area contributed by atoms with Crippen LogP contribution in [0.3, 0.4) is 0 Å². The maximum absolute atomic E-state index is 10.0. The van der Waals surface area contributed by atoms with Gasteiger partial charge in [0.05, 0.1) is 6.61 Å². The van der Waals surface area contributed by atoms with Crippen LogP contribution in [0.1, 0.15) is 5.56 Å². The minimum Gasteiger partial charge on any atom is -0.726 e. The Morgan fingerprint density at radius 1 is 1.27 bits per heavy atom. The van der Waals surface area contributed by atoms with Crippen LogP contribution in [0.25, 0.3) is 6.08 Å². The molecule has 4 nitrogen and oxygen atoms in total. The third-order valence-electron chi connectivity index (χ3n) is 1.42. The molecule has 1 aromatic rings. The van der Waals surface area contributed by atoms with E-state index in [0.29, 0.717) is 0 Å². The average molecular weight is 220 g/mol. The molecule has 15 heavy (non-hydrogen) atoms. The molecular weight excluding hydrogens is 211 g/mol. The second-order valence-electron chi connectivity index (χ2n) is 2.51. The molecular formula is C9H9LiO4S. The summed E-state index contributed by atoms with van der Waals surface area (Å²) in [5, 5.41) is 0. The van der Waals surface area contributed by atoms with Crippen LogP contribution in [-0.4, -0.2) is 19.6 Å². The Kier molecular flexibility index (Phi) is 6.57. The number of hydrogen-bond donors (Lipinski definition) is 0. The topological polar surface area (TPSA) is 66.4 Å². The van der Waals surface area contributed by atoms with Gasteiger partial charge in [0.2, 0.25) is 10.4 Å². The summed E-state index contributed by atoms with van der Waals surface area (Å²) < 4.78 is 34.1. The number of benzene rings is 1. The van der Waals surface area contributed by atoms with Crippen LogP contribution in [0.4, 0.5) is 0 Å². The zero-order valence-corrected chi connectivity index (χ0v) is 9.11. The van der Waals surface area contributed by atoms with Crippen LogP contribution >= 0.6 is 0 Å². The molecule has 1 aromatic carbocycles. The minimum absolute atomic E-state index is 0. The van der Waals surface area contributed by atoms with Crippen LogP contribution < -0.4 is 18.9 Å². The molecule has 0 saturated heterocycles. The molecule has 0 amide bonds. The van der Waals surface area contributed by atoms with Crippen molar-refractivity contribution in [3.8, 4) is 0 Å². The molecule has 0 aliphatic heterocycles. The van der Waals surface area contributed by atoms with Crippen molar-refractivity contribution in [3.63, 3.8) is 0 Å². The van der Waals surface area contributed by atoms with Crippen molar-refractivity contribution in [2.24, 2.45) is 0 Å². The van der Waals surface area contributed by atoms with Gasteiger partial charge in [-0.1, -0.05) is 42.5 Å². The van der Waals surface area contributed by atoms with Crippen LogP contribution in [0.15, 0.2) is 36.4 Å². The second-order valence-corrected chi connectivity index (χ2v) is 3.56. The van der Waals surface area contributed by atoms with Gasteiger partial charge in [0.15, 0.2) is 0 Å². The first-order valence-corrected chi connectivity index (χ1v) is 5.23. The van der Waals surface area contributed by atoms with Gasteiger partial charge in [-0.05, 0) is 5.56 Å². The zero-order valence-electron chi connectivity index (χ0n) is 8.29. The summed E-state index contributed by atoms with van der Waals surface area (Å²) in [5.41, 5.74) is 0.916. The van der Waals surface area contributed by atoms with Gasteiger partial charge in [-0.25, -0.2) is 8.42 Å². The summed E-state index contributed by atoms with van der Waals surface area (Å²) in [6, 6.07) is 9.27. The zero-order chi connectivity index (χ0) is 10.4. The third kappa shape index (κ3) is 7.37. The predicted molar refractivity (Wildman–Crippen MR) is 51.1 cm³/mol. The van der Waals surface area contributed by atoms with E-state index in [-0.39, 0.29) is 25.5 Å². The molecule has 6 heteroatoms. The summed E-state index contributed by atoms with van der Waals surface area (Å²) in [6.07, 6.45) is 3.13. The molecule has 0 heterocycles. The van der Waals surface area contributed by atoms with E-state index in [1.54, 1.807) is 6.08 Å². The van der Waals surface area contributed by atoms with Gasteiger partial charge in [0.25, 0.3) is 0 Å². The van der Waals surface area contributed by atoms with Crippen LogP contribution in [-0.2, 0) is 14.6 Å². The van der Waals surface area contributed by atoms with E-state index in [0.717, 1.165) is 5.56 Å². The fourth-order valence-electron chi connectivity index (χ4n) is 0.871. The normalized spacial score (nSPS) is 11.3. The van der Waals surface area contributed by atoms with E-state index in [1.807, 2.05) is 30.3 Å². The van der Waals surface area contributed by atoms with E-state index in [4.69, 9.17) is 0 Å². The average Bonchev–Trinajstić information content (AvgIpc) is 2.13. The van der Waals surface area contributed by atoms with E-state index < -0.39 is 10.4 Å². The molecule has 0 N–H and O–H groups in total. The van der Waals surface area contributed by atoms with Gasteiger partial charge in [-0.2, -0.15) is 0 Å². The molecule has 0 unspecified atom stereocenters. The third-order valence-corrected chi connectivity index (χ3v) is 1.84. The Morgan fingerprint density at radius 3 is 2.40 bits per heavy atom. The number of rotatable bonds is 4. The van der Waals surface area contributed by atoms with Gasteiger partial charge in [-0.15, -0.1) is 0 Å². The van der Waals surface area contributed by atoms with Crippen molar-refractivity contribution in [1.82, 2.24) is 0 Å². The van der Waals surface area contributed by atoms with Gasteiger partial charge < -0.3 is 4.55 Å². The van der Waals surface area contributed by atoms with Crippen molar-refractivity contribution in [2.45, 2.75) is 0 Å². The molecule has 1 rings (SSSR count). The molecule has 0 aliphatic rings. The first-order valence-electron chi connectivity index (χ1n) is 3.90. The van der Waals surface area contributed by atoms with Gasteiger partial charge in [0, 0.05) is 0 Å². The molecule has 0 fully saturated rings. The van der Waals surface area contributed by atoms with Crippen LogP contribution in [0.5, 0.6) is 0 Å². The van der Waals surface area contributed by atoms with Gasteiger partial charge in [-0.3, -0.25) is 4.18 Å². The Bertz CT molecular complexity index is 399. The number of hydrogen-bond acceptors (Lipinski definition) is 4. The monoisotopic (exact) mass is 220 g/mol. The van der Waals surface area contributed by atoms with Crippen molar-refractivity contribution < 1.29 is 36.0 Å². The quantitative estimate of drug-likeness (QED) is 0.340. The first-order chi connectivity index (χ1) is 6.58. The molecule has 0 bridgehead atoms. The molecule has 0 saturated carbocycles. The van der Waals surface area contributed by atoms with Crippen molar-refractivity contribution >= 4 is 16.5 Å². The summed E-state index contributed by atoms with van der Waals surface area (Å²) in [6.45, 7) is -0.235. The van der Waals surface area contributed by atoms with Crippen molar-refractivity contribution in [3.05, 3.63) is 42.0 Å². The van der Waals surface area contributed by atoms with Crippen molar-refractivity contribution in [2.75, 3.05) is 6.61 Å². The molecule has 0 radical (unpaired) electrons. The minimum atomic E-state index is -4.58. The van der Waals surface area contributed by atoms with Crippen LogP contribution in [0.2, 0.25) is 0 Å². The fraction of sp³-hybridized carbons (Fsp3) is 0.111. The van der Waals surface area contributed by atoms with Gasteiger partial charge >= 0.3 is 18.9 Å². The molecule has 76 valence electrons. The Hall–Kier alpha value is -0.573. The molecule has 0 aliphatic carbocycles. The SMILES string of the molecule is O=S(=O)([O-])OCC=Cc1ccccc1.[Li+]. The summed E-state index contributed by atoms with van der Waals surface area (Å²) >= 11 is 0. The maximum atomic E-state index is 10.0.